The number of carboxylic acid groups (broad SMARTS) is 1. The van der Waals surface area contributed by atoms with Gasteiger partial charge in [0.05, 0.1) is 13.1 Å². The molecule has 0 saturated carbocycles. The Hall–Kier alpha value is -0.310. The van der Waals surface area contributed by atoms with Crippen LogP contribution in [0.25, 0.3) is 0 Å². The van der Waals surface area contributed by atoms with Crippen LogP contribution in [0.5, 0.6) is 0 Å². The van der Waals surface area contributed by atoms with Gasteiger partial charge >= 0.3 is 5.97 Å². The van der Waals surface area contributed by atoms with Crippen LogP contribution in [0, 0.1) is 5.92 Å². The number of nitrogens with zero attached hydrogens (tertiary/aromatic N) is 3. The average Bonchev–Trinajstić information content (AvgIpc) is 2.58. The maximum Gasteiger partial charge on any atom is 0.317 e. The quantitative estimate of drug-likeness (QED) is 0.653. The van der Waals surface area contributed by atoms with Gasteiger partial charge in [-0.05, 0) is 44.7 Å². The summed E-state index contributed by atoms with van der Waals surface area (Å²) < 4.78 is 0. The van der Waals surface area contributed by atoms with Gasteiger partial charge in [-0.1, -0.05) is 0 Å². The minimum Gasteiger partial charge on any atom is -0.480 e. The van der Waals surface area contributed by atoms with E-state index in [4.69, 9.17) is 5.11 Å². The smallest absolute Gasteiger partial charge is 0.317 e. The molecule has 3 rings (SSSR count). The summed E-state index contributed by atoms with van der Waals surface area (Å²) in [6.07, 6.45) is 4.29. The molecule has 3 aliphatic rings. The van der Waals surface area contributed by atoms with Crippen molar-refractivity contribution in [3.63, 3.8) is 0 Å². The molecule has 0 radical (unpaired) electrons. The second-order valence-corrected chi connectivity index (χ2v) is 7.40. The minimum atomic E-state index is -0.754. The van der Waals surface area contributed by atoms with Crippen molar-refractivity contribution in [1.29, 1.82) is 0 Å². The number of piperazine rings is 1. The van der Waals surface area contributed by atoms with Crippen molar-refractivity contribution in [3.8, 4) is 0 Å². The van der Waals surface area contributed by atoms with Crippen LogP contribution in [-0.2, 0) is 9.59 Å². The second-order valence-electron chi connectivity index (χ2n) is 7.40. The first-order valence-corrected chi connectivity index (χ1v) is 9.28. The molecule has 0 aromatic rings. The van der Waals surface area contributed by atoms with E-state index in [0.29, 0.717) is 18.5 Å². The van der Waals surface area contributed by atoms with Crippen molar-refractivity contribution in [2.45, 2.75) is 31.7 Å². The summed E-state index contributed by atoms with van der Waals surface area (Å²) >= 11 is 0. The summed E-state index contributed by atoms with van der Waals surface area (Å²) in [6, 6.07) is 0.431. The maximum absolute atomic E-state index is 12.5. The topological polar surface area (TPSA) is 76.1 Å². The number of halogens is 3. The second kappa shape index (κ2) is 13.0. The number of carbonyl (C=O) groups is 2. The van der Waals surface area contributed by atoms with Crippen molar-refractivity contribution in [1.82, 2.24) is 20.0 Å². The molecule has 1 amide bonds. The molecule has 3 fully saturated rings. The van der Waals surface area contributed by atoms with Crippen LogP contribution >= 0.6 is 37.2 Å². The third-order valence-corrected chi connectivity index (χ3v) is 5.72. The number of aliphatic carboxylic acids is 1. The summed E-state index contributed by atoms with van der Waals surface area (Å²) in [6.45, 7) is 7.19. The zero-order valence-electron chi connectivity index (χ0n) is 15.7. The highest BCUT2D eigenvalue weighted by Gasteiger charge is 2.32. The first-order valence-electron chi connectivity index (χ1n) is 9.28. The van der Waals surface area contributed by atoms with Gasteiger partial charge in [0.15, 0.2) is 0 Å². The van der Waals surface area contributed by atoms with Crippen LogP contribution in [-0.4, -0.2) is 96.6 Å². The first-order chi connectivity index (χ1) is 11.6. The Morgan fingerprint density at radius 3 is 2.19 bits per heavy atom. The van der Waals surface area contributed by atoms with Gasteiger partial charge in [-0.3, -0.25) is 19.4 Å². The lowest BCUT2D eigenvalue weighted by molar-refractivity contribution is -0.139. The minimum absolute atomic E-state index is 0. The van der Waals surface area contributed by atoms with Crippen molar-refractivity contribution >= 4 is 49.1 Å². The lowest BCUT2D eigenvalue weighted by Crippen LogP contribution is -2.56. The van der Waals surface area contributed by atoms with E-state index in [2.05, 4.69) is 15.1 Å². The number of carboxylic acids is 1. The van der Waals surface area contributed by atoms with Crippen molar-refractivity contribution in [2.24, 2.45) is 5.92 Å². The van der Waals surface area contributed by atoms with Crippen LogP contribution in [0.15, 0.2) is 0 Å². The molecule has 160 valence electrons. The third kappa shape index (κ3) is 7.91. The normalized spacial score (nSPS) is 23.1. The highest BCUT2D eigenvalue weighted by atomic mass is 35.5. The summed E-state index contributed by atoms with van der Waals surface area (Å²) in [7, 11) is 0. The van der Waals surface area contributed by atoms with E-state index >= 15 is 0 Å². The molecule has 10 heteroatoms. The Morgan fingerprint density at radius 1 is 1.00 bits per heavy atom. The number of nitrogens with one attached hydrogen (secondary N) is 1. The Bertz CT molecular complexity index is 459. The zero-order valence-corrected chi connectivity index (χ0v) is 18.1. The number of hydrogen-bond donors (Lipinski definition) is 2. The predicted molar refractivity (Wildman–Crippen MR) is 113 cm³/mol. The number of carbonyl (C=O) groups excluding carboxylic acids is 1. The molecule has 0 atom stereocenters. The molecule has 0 bridgehead atoms. The van der Waals surface area contributed by atoms with Crippen LogP contribution < -0.4 is 5.32 Å². The highest BCUT2D eigenvalue weighted by Crippen LogP contribution is 2.20. The van der Waals surface area contributed by atoms with E-state index in [1.807, 2.05) is 4.90 Å². The number of likely N-dealkylation sites (tertiary alicyclic amines) is 1. The number of hydrogen-bond acceptors (Lipinski definition) is 5. The molecule has 0 aliphatic carbocycles. The van der Waals surface area contributed by atoms with E-state index < -0.39 is 5.97 Å². The lowest BCUT2D eigenvalue weighted by atomic mass is 9.97. The molecule has 0 aromatic carbocycles. The van der Waals surface area contributed by atoms with E-state index in [-0.39, 0.29) is 49.7 Å². The molecule has 2 N–H and O–H groups in total. The third-order valence-electron chi connectivity index (χ3n) is 5.72. The van der Waals surface area contributed by atoms with Gasteiger partial charge in [0, 0.05) is 38.8 Å². The van der Waals surface area contributed by atoms with Gasteiger partial charge in [0.2, 0.25) is 5.91 Å². The molecular formula is C17H33Cl3N4O3. The molecule has 0 spiro atoms. The lowest BCUT2D eigenvalue weighted by Gasteiger charge is -2.43. The number of piperidine rings is 2. The van der Waals surface area contributed by atoms with Crippen LogP contribution in [0.1, 0.15) is 25.7 Å². The van der Waals surface area contributed by atoms with Crippen molar-refractivity contribution < 1.29 is 14.7 Å². The highest BCUT2D eigenvalue weighted by molar-refractivity contribution is 5.86. The summed E-state index contributed by atoms with van der Waals surface area (Å²) in [5.74, 6) is 0.170. The zero-order chi connectivity index (χ0) is 16.9. The predicted octanol–water partition coefficient (Wildman–Crippen LogP) is 0.945. The van der Waals surface area contributed by atoms with Crippen molar-refractivity contribution in [2.75, 3.05) is 58.9 Å². The van der Waals surface area contributed by atoms with E-state index in [0.717, 1.165) is 58.7 Å². The van der Waals surface area contributed by atoms with Crippen LogP contribution in [0.3, 0.4) is 0 Å². The molecule has 7 nitrogen and oxygen atoms in total. The van der Waals surface area contributed by atoms with Gasteiger partial charge in [-0.15, -0.1) is 37.2 Å². The summed E-state index contributed by atoms with van der Waals surface area (Å²) in [5, 5.41) is 12.2. The molecule has 3 saturated heterocycles. The van der Waals surface area contributed by atoms with Gasteiger partial charge in [0.25, 0.3) is 0 Å². The fourth-order valence-electron chi connectivity index (χ4n) is 4.24. The summed E-state index contributed by atoms with van der Waals surface area (Å²) in [4.78, 5) is 29.7. The molecule has 27 heavy (non-hydrogen) atoms. The van der Waals surface area contributed by atoms with Gasteiger partial charge in [-0.2, -0.15) is 0 Å². The standard InChI is InChI=1S/C17H30N4O3.3ClH/c22-16-12-20(15-3-7-19(8-4-15)13-17(23)24)9-10-21(16)11-14-1-5-18-6-2-14;;;/h14-15,18H,1-13H2,(H,23,24);3*1H. The Labute approximate surface area is 180 Å². The van der Waals surface area contributed by atoms with E-state index in [1.54, 1.807) is 0 Å². The van der Waals surface area contributed by atoms with Gasteiger partial charge in [0.1, 0.15) is 0 Å². The largest absolute Gasteiger partial charge is 0.480 e. The van der Waals surface area contributed by atoms with Crippen molar-refractivity contribution in [3.05, 3.63) is 0 Å². The SMILES string of the molecule is Cl.Cl.Cl.O=C(O)CN1CCC(N2CCN(CC3CCNCC3)C(=O)C2)CC1. The van der Waals surface area contributed by atoms with Gasteiger partial charge in [-0.25, -0.2) is 0 Å². The Morgan fingerprint density at radius 2 is 1.63 bits per heavy atom. The molecule has 0 aromatic heterocycles. The average molecular weight is 448 g/mol. The number of amides is 1. The fraction of sp³-hybridized carbons (Fsp3) is 0.882. The van der Waals surface area contributed by atoms with Crippen LogP contribution in [0.2, 0.25) is 0 Å². The van der Waals surface area contributed by atoms with Crippen LogP contribution in [0.4, 0.5) is 0 Å². The molecular weight excluding hydrogens is 415 g/mol. The fourth-order valence-corrected chi connectivity index (χ4v) is 4.24. The molecule has 0 unspecified atom stereocenters. The van der Waals surface area contributed by atoms with Gasteiger partial charge < -0.3 is 15.3 Å². The first kappa shape index (κ1) is 26.7. The van der Waals surface area contributed by atoms with E-state index in [9.17, 15) is 9.59 Å². The Kier molecular flexibility index (Phi) is 12.9. The molecule has 3 heterocycles. The Balaban J connectivity index is 0.00000225. The van der Waals surface area contributed by atoms with E-state index in [1.165, 1.54) is 12.8 Å². The number of rotatable bonds is 5. The monoisotopic (exact) mass is 446 g/mol. The summed E-state index contributed by atoms with van der Waals surface area (Å²) in [5.41, 5.74) is 0. The molecule has 3 aliphatic heterocycles. The maximum atomic E-state index is 12.5.